The number of nitrogens with zero attached hydrogens (tertiary/aromatic N) is 2. The number of pyridine rings is 1. The first kappa shape index (κ1) is 16.2. The second-order valence-corrected chi connectivity index (χ2v) is 5.64. The second-order valence-electron chi connectivity index (χ2n) is 5.64. The molecule has 0 aliphatic carbocycles. The van der Waals surface area contributed by atoms with Crippen molar-refractivity contribution in [3.63, 3.8) is 0 Å². The fourth-order valence-electron chi connectivity index (χ4n) is 2.22. The average molecular weight is 297 g/mol. The zero-order valence-electron chi connectivity index (χ0n) is 13.4. The van der Waals surface area contributed by atoms with Gasteiger partial charge < -0.3 is 5.32 Å². The molecule has 0 saturated heterocycles. The number of aromatic nitrogens is 1. The zero-order chi connectivity index (χ0) is 15.9. The standard InChI is InChI=1S/C18H23N3O/c1-14-6-8-17(9-7-14)15(2)21(3)13-18(22)20-12-16-5-4-10-19-11-16/h4-11,15H,12-13H2,1-3H3,(H,20,22). The first-order chi connectivity index (χ1) is 10.6. The first-order valence-electron chi connectivity index (χ1n) is 7.48. The van der Waals surface area contributed by atoms with Gasteiger partial charge >= 0.3 is 0 Å². The Morgan fingerprint density at radius 2 is 2.00 bits per heavy atom. The number of aryl methyl sites for hydroxylation is 1. The lowest BCUT2D eigenvalue weighted by Gasteiger charge is -2.24. The highest BCUT2D eigenvalue weighted by molar-refractivity contribution is 5.78. The van der Waals surface area contributed by atoms with E-state index in [0.29, 0.717) is 13.1 Å². The van der Waals surface area contributed by atoms with Crippen molar-refractivity contribution in [2.24, 2.45) is 0 Å². The van der Waals surface area contributed by atoms with Gasteiger partial charge in [0.05, 0.1) is 6.54 Å². The van der Waals surface area contributed by atoms with Gasteiger partial charge in [0.15, 0.2) is 0 Å². The lowest BCUT2D eigenvalue weighted by molar-refractivity contribution is -0.122. The van der Waals surface area contributed by atoms with Crippen LogP contribution in [-0.4, -0.2) is 29.4 Å². The summed E-state index contributed by atoms with van der Waals surface area (Å²) in [6.45, 7) is 5.07. The van der Waals surface area contributed by atoms with Crippen LogP contribution in [0.15, 0.2) is 48.8 Å². The van der Waals surface area contributed by atoms with Crippen LogP contribution in [-0.2, 0) is 11.3 Å². The maximum Gasteiger partial charge on any atom is 0.234 e. The summed E-state index contributed by atoms with van der Waals surface area (Å²) in [4.78, 5) is 18.1. The highest BCUT2D eigenvalue weighted by Crippen LogP contribution is 2.18. The van der Waals surface area contributed by atoms with E-state index < -0.39 is 0 Å². The molecule has 1 unspecified atom stereocenters. The summed E-state index contributed by atoms with van der Waals surface area (Å²) in [5.74, 6) is 0.0188. The molecule has 0 saturated carbocycles. The molecule has 0 bridgehead atoms. The van der Waals surface area contributed by atoms with E-state index in [-0.39, 0.29) is 11.9 Å². The summed E-state index contributed by atoms with van der Waals surface area (Å²) in [5.41, 5.74) is 3.46. The van der Waals surface area contributed by atoms with E-state index in [9.17, 15) is 4.79 Å². The van der Waals surface area contributed by atoms with Crippen molar-refractivity contribution in [2.75, 3.05) is 13.6 Å². The van der Waals surface area contributed by atoms with E-state index >= 15 is 0 Å². The lowest BCUT2D eigenvalue weighted by atomic mass is 10.1. The van der Waals surface area contributed by atoms with E-state index in [4.69, 9.17) is 0 Å². The van der Waals surface area contributed by atoms with Gasteiger partial charge in [-0.1, -0.05) is 35.9 Å². The molecule has 0 fully saturated rings. The van der Waals surface area contributed by atoms with Crippen molar-refractivity contribution in [2.45, 2.75) is 26.4 Å². The molecule has 0 radical (unpaired) electrons. The van der Waals surface area contributed by atoms with Gasteiger partial charge in [0.25, 0.3) is 0 Å². The number of rotatable bonds is 6. The maximum absolute atomic E-state index is 12.0. The number of hydrogen-bond acceptors (Lipinski definition) is 3. The molecule has 1 aromatic heterocycles. The molecule has 1 amide bonds. The molecular weight excluding hydrogens is 274 g/mol. The molecule has 1 heterocycles. The van der Waals surface area contributed by atoms with Crippen LogP contribution in [0.5, 0.6) is 0 Å². The summed E-state index contributed by atoms with van der Waals surface area (Å²) in [6.07, 6.45) is 3.49. The van der Waals surface area contributed by atoms with Crippen molar-refractivity contribution < 1.29 is 4.79 Å². The fourth-order valence-corrected chi connectivity index (χ4v) is 2.22. The van der Waals surface area contributed by atoms with Crippen molar-refractivity contribution in [1.29, 1.82) is 0 Å². The molecule has 1 N–H and O–H groups in total. The quantitative estimate of drug-likeness (QED) is 0.891. The summed E-state index contributed by atoms with van der Waals surface area (Å²) in [7, 11) is 1.97. The Hall–Kier alpha value is -2.20. The monoisotopic (exact) mass is 297 g/mol. The van der Waals surface area contributed by atoms with Gasteiger partial charge in [0, 0.05) is 25.0 Å². The van der Waals surface area contributed by atoms with Gasteiger partial charge in [-0.2, -0.15) is 0 Å². The number of amides is 1. The zero-order valence-corrected chi connectivity index (χ0v) is 13.4. The molecule has 0 spiro atoms. The molecule has 4 nitrogen and oxygen atoms in total. The minimum absolute atomic E-state index is 0.0188. The minimum Gasteiger partial charge on any atom is -0.351 e. The molecule has 1 aromatic carbocycles. The fraction of sp³-hybridized carbons (Fsp3) is 0.333. The van der Waals surface area contributed by atoms with Crippen molar-refractivity contribution in [1.82, 2.24) is 15.2 Å². The van der Waals surface area contributed by atoms with Crippen molar-refractivity contribution in [3.8, 4) is 0 Å². The first-order valence-corrected chi connectivity index (χ1v) is 7.48. The van der Waals surface area contributed by atoms with E-state index in [1.807, 2.05) is 24.1 Å². The molecule has 116 valence electrons. The van der Waals surface area contributed by atoms with Crippen LogP contribution in [0, 0.1) is 6.92 Å². The Morgan fingerprint density at radius 1 is 1.27 bits per heavy atom. The van der Waals surface area contributed by atoms with Gasteiger partial charge in [-0.3, -0.25) is 14.7 Å². The van der Waals surface area contributed by atoms with Crippen LogP contribution >= 0.6 is 0 Å². The van der Waals surface area contributed by atoms with Crippen molar-refractivity contribution >= 4 is 5.91 Å². The van der Waals surface area contributed by atoms with E-state index in [1.165, 1.54) is 11.1 Å². The molecule has 2 rings (SSSR count). The summed E-state index contributed by atoms with van der Waals surface area (Å²) < 4.78 is 0. The van der Waals surface area contributed by atoms with Gasteiger partial charge in [0.1, 0.15) is 0 Å². The topological polar surface area (TPSA) is 45.2 Å². The molecule has 0 aliphatic rings. The number of likely N-dealkylation sites (N-methyl/N-ethyl adjacent to an activating group) is 1. The van der Waals surface area contributed by atoms with E-state index in [0.717, 1.165) is 5.56 Å². The minimum atomic E-state index is 0.0188. The Kier molecular flexibility index (Phi) is 5.67. The summed E-state index contributed by atoms with van der Waals surface area (Å²) in [5, 5.41) is 2.92. The third-order valence-electron chi connectivity index (χ3n) is 3.83. The predicted molar refractivity (Wildman–Crippen MR) is 88.3 cm³/mol. The SMILES string of the molecule is Cc1ccc(C(C)N(C)CC(=O)NCc2cccnc2)cc1. The molecule has 0 aliphatic heterocycles. The van der Waals surface area contributed by atoms with Gasteiger partial charge in [-0.15, -0.1) is 0 Å². The number of benzene rings is 1. The molecule has 2 aromatic rings. The van der Waals surface area contributed by atoms with Gasteiger partial charge in [-0.05, 0) is 38.1 Å². The molecular formula is C18H23N3O. The highest BCUT2D eigenvalue weighted by Gasteiger charge is 2.14. The number of carbonyl (C=O) groups excluding carboxylic acids is 1. The second kappa shape index (κ2) is 7.71. The van der Waals surface area contributed by atoms with E-state index in [1.54, 1.807) is 12.4 Å². The predicted octanol–water partition coefficient (Wildman–Crippen LogP) is 2.70. The normalized spacial score (nSPS) is 12.2. The van der Waals surface area contributed by atoms with Crippen LogP contribution in [0.1, 0.15) is 29.7 Å². The Labute approximate surface area is 132 Å². The molecule has 1 atom stereocenters. The Bertz CT molecular complexity index is 595. The van der Waals surface area contributed by atoms with Crippen molar-refractivity contribution in [3.05, 3.63) is 65.5 Å². The summed E-state index contributed by atoms with van der Waals surface area (Å²) in [6, 6.07) is 12.4. The summed E-state index contributed by atoms with van der Waals surface area (Å²) >= 11 is 0. The lowest BCUT2D eigenvalue weighted by Crippen LogP contribution is -2.36. The number of carbonyl (C=O) groups is 1. The van der Waals surface area contributed by atoms with Gasteiger partial charge in [-0.25, -0.2) is 0 Å². The van der Waals surface area contributed by atoms with Crippen LogP contribution < -0.4 is 5.32 Å². The highest BCUT2D eigenvalue weighted by atomic mass is 16.2. The van der Waals surface area contributed by atoms with Crippen LogP contribution in [0.3, 0.4) is 0 Å². The largest absolute Gasteiger partial charge is 0.351 e. The molecule has 22 heavy (non-hydrogen) atoms. The number of hydrogen-bond donors (Lipinski definition) is 1. The Morgan fingerprint density at radius 3 is 2.64 bits per heavy atom. The maximum atomic E-state index is 12.0. The van der Waals surface area contributed by atoms with Crippen LogP contribution in [0.25, 0.3) is 0 Å². The average Bonchev–Trinajstić information content (AvgIpc) is 2.54. The smallest absolute Gasteiger partial charge is 0.234 e. The Balaban J connectivity index is 1.84. The molecule has 4 heteroatoms. The van der Waals surface area contributed by atoms with Crippen LogP contribution in [0.2, 0.25) is 0 Å². The number of nitrogens with one attached hydrogen (secondary N) is 1. The van der Waals surface area contributed by atoms with Gasteiger partial charge in [0.2, 0.25) is 5.91 Å². The van der Waals surface area contributed by atoms with Crippen LogP contribution in [0.4, 0.5) is 0 Å². The van der Waals surface area contributed by atoms with E-state index in [2.05, 4.69) is 48.4 Å². The third-order valence-corrected chi connectivity index (χ3v) is 3.83. The third kappa shape index (κ3) is 4.67.